The van der Waals surface area contributed by atoms with Gasteiger partial charge in [-0.25, -0.2) is 18.0 Å². The maximum absolute atomic E-state index is 12.8. The van der Waals surface area contributed by atoms with Crippen LogP contribution in [-0.4, -0.2) is 68.8 Å². The highest BCUT2D eigenvalue weighted by Crippen LogP contribution is 2.17. The van der Waals surface area contributed by atoms with E-state index in [-0.39, 0.29) is 30.1 Å². The van der Waals surface area contributed by atoms with Crippen LogP contribution in [0.1, 0.15) is 38.1 Å². The van der Waals surface area contributed by atoms with Crippen LogP contribution in [0.3, 0.4) is 0 Å². The van der Waals surface area contributed by atoms with E-state index in [9.17, 15) is 27.6 Å². The van der Waals surface area contributed by atoms with Crippen LogP contribution in [0.15, 0.2) is 41.8 Å². The number of rotatable bonds is 12. The summed E-state index contributed by atoms with van der Waals surface area (Å²) in [5, 5.41) is 6.83. The minimum atomic E-state index is -3.77. The number of benzene rings is 1. The van der Waals surface area contributed by atoms with E-state index < -0.39 is 52.4 Å². The number of carbonyl (C=O) groups is 4. The summed E-state index contributed by atoms with van der Waals surface area (Å²) in [5.41, 5.74) is 0.0447. The Balaban J connectivity index is 2.87. The van der Waals surface area contributed by atoms with Gasteiger partial charge in [0.05, 0.1) is 4.90 Å². The first-order chi connectivity index (χ1) is 16.0. The molecule has 4 amide bonds. The predicted molar refractivity (Wildman–Crippen MR) is 125 cm³/mol. The van der Waals surface area contributed by atoms with E-state index in [1.165, 1.54) is 34.6 Å². The van der Waals surface area contributed by atoms with Gasteiger partial charge >= 0.3 is 12.0 Å². The maximum atomic E-state index is 12.8. The van der Waals surface area contributed by atoms with Gasteiger partial charge in [-0.05, 0) is 24.1 Å². The van der Waals surface area contributed by atoms with Crippen LogP contribution in [0.4, 0.5) is 4.79 Å². The number of urea groups is 1. The number of nitrogens with one attached hydrogen (secondary N) is 3. The smallest absolute Gasteiger partial charge is 0.329 e. The van der Waals surface area contributed by atoms with Gasteiger partial charge < -0.3 is 15.4 Å². The predicted octanol–water partition coefficient (Wildman–Crippen LogP) is 1.03. The molecule has 0 aliphatic rings. The van der Waals surface area contributed by atoms with E-state index in [4.69, 9.17) is 4.74 Å². The molecule has 34 heavy (non-hydrogen) atoms. The third-order valence-electron chi connectivity index (χ3n) is 4.65. The van der Waals surface area contributed by atoms with Crippen LogP contribution in [0.5, 0.6) is 0 Å². The van der Waals surface area contributed by atoms with Gasteiger partial charge in [0.1, 0.15) is 6.04 Å². The zero-order valence-corrected chi connectivity index (χ0v) is 20.6. The monoisotopic (exact) mass is 496 g/mol. The fraction of sp³-hybridized carbons (Fsp3) is 0.455. The minimum absolute atomic E-state index is 0.0427. The molecule has 0 fully saturated rings. The summed E-state index contributed by atoms with van der Waals surface area (Å²) < 4.78 is 31.7. The molecule has 1 aromatic rings. The number of sulfonamides is 1. The molecule has 0 heterocycles. The van der Waals surface area contributed by atoms with E-state index in [0.717, 1.165) is 0 Å². The van der Waals surface area contributed by atoms with Crippen molar-refractivity contribution in [3.63, 3.8) is 0 Å². The van der Waals surface area contributed by atoms with Crippen molar-refractivity contribution in [1.82, 2.24) is 20.3 Å². The number of hydrogen-bond donors (Lipinski definition) is 3. The maximum Gasteiger partial charge on any atom is 0.329 e. The molecule has 1 rings (SSSR count). The minimum Gasteiger partial charge on any atom is -0.454 e. The Hall–Kier alpha value is -3.25. The second kappa shape index (κ2) is 13.5. The summed E-state index contributed by atoms with van der Waals surface area (Å²) in [5.74, 6) is -2.81. The lowest BCUT2D eigenvalue weighted by Gasteiger charge is -2.21. The van der Waals surface area contributed by atoms with Crippen molar-refractivity contribution in [3.8, 4) is 0 Å². The summed E-state index contributed by atoms with van der Waals surface area (Å²) in [6.07, 6.45) is 1.43. The van der Waals surface area contributed by atoms with E-state index in [1.54, 1.807) is 27.7 Å². The molecule has 11 nitrogen and oxygen atoms in total. The molecule has 0 bridgehead atoms. The number of imide groups is 1. The molecule has 188 valence electrons. The Kier molecular flexibility index (Phi) is 11.4. The molecule has 0 aliphatic carbocycles. The third kappa shape index (κ3) is 8.27. The normalized spacial score (nSPS) is 12.1. The van der Waals surface area contributed by atoms with Crippen LogP contribution in [-0.2, 0) is 24.3 Å². The Morgan fingerprint density at radius 2 is 1.79 bits per heavy atom. The van der Waals surface area contributed by atoms with Crippen LogP contribution in [0.2, 0.25) is 0 Å². The van der Waals surface area contributed by atoms with Gasteiger partial charge in [0.2, 0.25) is 10.0 Å². The van der Waals surface area contributed by atoms with Crippen molar-refractivity contribution in [2.24, 2.45) is 5.92 Å². The molecular weight excluding hydrogens is 464 g/mol. The first-order valence-electron chi connectivity index (χ1n) is 10.7. The second-order valence-corrected chi connectivity index (χ2v) is 9.40. The van der Waals surface area contributed by atoms with Gasteiger partial charge in [-0.1, -0.05) is 39.8 Å². The van der Waals surface area contributed by atoms with Crippen LogP contribution in [0, 0.1) is 5.92 Å². The Labute approximate surface area is 200 Å². The Morgan fingerprint density at radius 1 is 1.15 bits per heavy atom. The van der Waals surface area contributed by atoms with Crippen LogP contribution < -0.4 is 16.0 Å². The molecule has 0 unspecified atom stereocenters. The lowest BCUT2D eigenvalue weighted by atomic mass is 10.0. The Morgan fingerprint density at radius 3 is 2.35 bits per heavy atom. The molecule has 0 radical (unpaired) electrons. The number of esters is 1. The summed E-state index contributed by atoms with van der Waals surface area (Å²) in [4.78, 5) is 48.4. The molecule has 0 saturated heterocycles. The number of ether oxygens (including phenoxy) is 1. The van der Waals surface area contributed by atoms with Crippen molar-refractivity contribution in [3.05, 3.63) is 42.5 Å². The van der Waals surface area contributed by atoms with Crippen molar-refractivity contribution in [2.45, 2.75) is 38.6 Å². The highest BCUT2D eigenvalue weighted by molar-refractivity contribution is 7.89. The molecule has 3 N–H and O–H groups in total. The molecule has 12 heteroatoms. The van der Waals surface area contributed by atoms with Crippen molar-refractivity contribution < 1.29 is 32.3 Å². The Bertz CT molecular complexity index is 1000. The lowest BCUT2D eigenvalue weighted by molar-refractivity contribution is -0.151. The lowest BCUT2D eigenvalue weighted by Crippen LogP contribution is -2.47. The highest BCUT2D eigenvalue weighted by atomic mass is 32.2. The highest BCUT2D eigenvalue weighted by Gasteiger charge is 2.28. The molecule has 0 saturated carbocycles. The second-order valence-electron chi connectivity index (χ2n) is 7.47. The molecule has 1 atom stereocenters. The largest absolute Gasteiger partial charge is 0.454 e. The zero-order valence-electron chi connectivity index (χ0n) is 19.8. The molecule has 0 aliphatic heterocycles. The van der Waals surface area contributed by atoms with Crippen molar-refractivity contribution in [1.29, 1.82) is 0 Å². The zero-order chi connectivity index (χ0) is 25.9. The summed E-state index contributed by atoms with van der Waals surface area (Å²) >= 11 is 0. The van der Waals surface area contributed by atoms with Gasteiger partial charge in [0.25, 0.3) is 11.8 Å². The number of nitrogens with zero attached hydrogens (tertiary/aromatic N) is 1. The standard InChI is InChI=1S/C22H32N4O7S/c1-6-12-23-22(30)24-18(27)14-33-21(29)19(15(4)5)25-20(28)16-10-9-11-17(13-16)34(31,32)26(7-2)8-3/h6,9-11,13,15,19H,1,7-8,12,14H2,2-5H3,(H,25,28)(H2,23,24,27,30)/t19-/m0/s1. The summed E-state index contributed by atoms with van der Waals surface area (Å²) in [6.45, 7) is 10.2. The molecule has 1 aromatic carbocycles. The first-order valence-corrected chi connectivity index (χ1v) is 12.2. The molecule has 0 spiro atoms. The number of hydrogen-bond acceptors (Lipinski definition) is 7. The van der Waals surface area contributed by atoms with Crippen molar-refractivity contribution in [2.75, 3.05) is 26.2 Å². The van der Waals surface area contributed by atoms with Crippen molar-refractivity contribution >= 4 is 33.8 Å². The van der Waals surface area contributed by atoms with E-state index in [0.29, 0.717) is 0 Å². The quantitative estimate of drug-likeness (QED) is 0.289. The first kappa shape index (κ1) is 28.8. The molecule has 0 aromatic heterocycles. The van der Waals surface area contributed by atoms with Crippen LogP contribution >= 0.6 is 0 Å². The third-order valence-corrected chi connectivity index (χ3v) is 6.70. The number of amides is 4. The van der Waals surface area contributed by atoms with Gasteiger partial charge in [-0.3, -0.25) is 14.9 Å². The van der Waals surface area contributed by atoms with Gasteiger partial charge in [0, 0.05) is 25.2 Å². The topological polar surface area (TPSA) is 151 Å². The molecular formula is C22H32N4O7S. The summed E-state index contributed by atoms with van der Waals surface area (Å²) in [6, 6.07) is 3.61. The van der Waals surface area contributed by atoms with E-state index >= 15 is 0 Å². The van der Waals surface area contributed by atoms with Gasteiger partial charge in [-0.2, -0.15) is 4.31 Å². The van der Waals surface area contributed by atoms with Gasteiger partial charge in [-0.15, -0.1) is 6.58 Å². The number of carbonyl (C=O) groups excluding carboxylic acids is 4. The fourth-order valence-electron chi connectivity index (χ4n) is 2.83. The van der Waals surface area contributed by atoms with E-state index in [1.807, 2.05) is 5.32 Å². The van der Waals surface area contributed by atoms with Crippen LogP contribution in [0.25, 0.3) is 0 Å². The average Bonchev–Trinajstić information content (AvgIpc) is 2.79. The summed E-state index contributed by atoms with van der Waals surface area (Å²) in [7, 11) is -3.77. The fourth-order valence-corrected chi connectivity index (χ4v) is 4.34. The van der Waals surface area contributed by atoms with Gasteiger partial charge in [0.15, 0.2) is 6.61 Å². The average molecular weight is 497 g/mol. The van der Waals surface area contributed by atoms with E-state index in [2.05, 4.69) is 17.2 Å². The SMILES string of the molecule is C=CCNC(=O)NC(=O)COC(=O)[C@@H](NC(=O)c1cccc(S(=O)(=O)N(CC)CC)c1)C(C)C.